The molecule has 0 aromatic carbocycles. The van der Waals surface area contributed by atoms with Crippen LogP contribution in [-0.4, -0.2) is 27.7 Å². The molecule has 1 heterocycles. The van der Waals surface area contributed by atoms with Gasteiger partial charge in [0.15, 0.2) is 0 Å². The molecule has 0 saturated carbocycles. The first-order chi connectivity index (χ1) is 6.59. The monoisotopic (exact) mass is 195 g/mol. The molecule has 4 heteroatoms. The fourth-order valence-electron chi connectivity index (χ4n) is 0.966. The van der Waals surface area contributed by atoms with Gasteiger partial charge in [0, 0.05) is 18.4 Å². The number of nitrogens with one attached hydrogen (secondary N) is 1. The average molecular weight is 195 g/mol. The first kappa shape index (κ1) is 10.9. The van der Waals surface area contributed by atoms with E-state index in [9.17, 15) is 5.11 Å². The minimum Gasteiger partial charge on any atom is -0.391 e. The first-order valence-electron chi connectivity index (χ1n) is 4.81. The van der Waals surface area contributed by atoms with Gasteiger partial charge in [-0.1, -0.05) is 13.8 Å². The van der Waals surface area contributed by atoms with Gasteiger partial charge in [0.25, 0.3) is 0 Å². The van der Waals surface area contributed by atoms with Crippen LogP contribution in [0.15, 0.2) is 12.3 Å². The van der Waals surface area contributed by atoms with Crippen molar-refractivity contribution in [3.63, 3.8) is 0 Å². The Hall–Kier alpha value is -1.16. The predicted molar refractivity (Wildman–Crippen MR) is 56.1 cm³/mol. The highest BCUT2D eigenvalue weighted by Crippen LogP contribution is 2.03. The number of nitrogens with zero attached hydrogens (tertiary/aromatic N) is 2. The maximum Gasteiger partial charge on any atom is 0.222 e. The Morgan fingerprint density at radius 2 is 2.21 bits per heavy atom. The van der Waals surface area contributed by atoms with Gasteiger partial charge in [0.2, 0.25) is 5.95 Å². The number of aliphatic hydroxyl groups is 1. The molecule has 0 aliphatic carbocycles. The zero-order valence-electron chi connectivity index (χ0n) is 8.86. The van der Waals surface area contributed by atoms with Crippen LogP contribution < -0.4 is 5.32 Å². The summed E-state index contributed by atoms with van der Waals surface area (Å²) < 4.78 is 0. The molecular formula is C10H17N3O. The van der Waals surface area contributed by atoms with Crippen molar-refractivity contribution in [1.82, 2.24) is 9.97 Å². The molecule has 0 amide bonds. The largest absolute Gasteiger partial charge is 0.391 e. The summed E-state index contributed by atoms with van der Waals surface area (Å²) in [6.45, 7) is 6.35. The molecule has 14 heavy (non-hydrogen) atoms. The minimum atomic E-state index is -0.362. The zero-order valence-corrected chi connectivity index (χ0v) is 8.86. The molecule has 1 aromatic heterocycles. The molecule has 4 nitrogen and oxygen atoms in total. The molecule has 0 saturated heterocycles. The molecule has 0 fully saturated rings. The number of anilines is 1. The molecule has 0 aliphatic heterocycles. The summed E-state index contributed by atoms with van der Waals surface area (Å²) in [5, 5.41) is 12.5. The van der Waals surface area contributed by atoms with Crippen molar-refractivity contribution in [2.24, 2.45) is 5.92 Å². The lowest BCUT2D eigenvalue weighted by molar-refractivity contribution is 0.137. The van der Waals surface area contributed by atoms with E-state index in [4.69, 9.17) is 0 Å². The zero-order chi connectivity index (χ0) is 10.6. The van der Waals surface area contributed by atoms with Crippen LogP contribution in [0.1, 0.15) is 19.5 Å². The van der Waals surface area contributed by atoms with Gasteiger partial charge in [-0.05, 0) is 18.9 Å². The van der Waals surface area contributed by atoms with Gasteiger partial charge >= 0.3 is 0 Å². The van der Waals surface area contributed by atoms with Crippen molar-refractivity contribution in [1.29, 1.82) is 0 Å². The van der Waals surface area contributed by atoms with Gasteiger partial charge in [-0.3, -0.25) is 0 Å². The number of aromatic nitrogens is 2. The van der Waals surface area contributed by atoms with Gasteiger partial charge in [0.05, 0.1) is 6.10 Å². The summed E-state index contributed by atoms with van der Waals surface area (Å²) in [6, 6.07) is 1.84. The predicted octanol–water partition coefficient (Wildman–Crippen LogP) is 1.21. The summed E-state index contributed by atoms with van der Waals surface area (Å²) in [4.78, 5) is 8.21. The van der Waals surface area contributed by atoms with E-state index in [-0.39, 0.29) is 12.0 Å². The summed E-state index contributed by atoms with van der Waals surface area (Å²) in [5.74, 6) is 0.817. The minimum absolute atomic E-state index is 0.243. The van der Waals surface area contributed by atoms with E-state index in [1.54, 1.807) is 6.20 Å². The van der Waals surface area contributed by atoms with Crippen LogP contribution >= 0.6 is 0 Å². The first-order valence-corrected chi connectivity index (χ1v) is 4.81. The fraction of sp³-hybridized carbons (Fsp3) is 0.600. The van der Waals surface area contributed by atoms with Crippen LogP contribution in [0, 0.1) is 12.8 Å². The standard InChI is InChI=1S/C10H17N3O/c1-7(2)9(14)6-12-10-11-5-4-8(3)13-10/h4-5,7,9,14H,6H2,1-3H3,(H,11,12,13). The molecule has 0 bridgehead atoms. The molecule has 0 aliphatic rings. The normalized spacial score (nSPS) is 12.9. The SMILES string of the molecule is Cc1ccnc(NCC(O)C(C)C)n1. The highest BCUT2D eigenvalue weighted by atomic mass is 16.3. The van der Waals surface area contributed by atoms with Crippen LogP contribution in [-0.2, 0) is 0 Å². The second kappa shape index (κ2) is 4.91. The highest BCUT2D eigenvalue weighted by molar-refractivity contribution is 5.24. The fourth-order valence-corrected chi connectivity index (χ4v) is 0.966. The molecule has 1 atom stereocenters. The quantitative estimate of drug-likeness (QED) is 0.758. The third-order valence-corrected chi connectivity index (χ3v) is 2.03. The molecule has 1 rings (SSSR count). The van der Waals surface area contributed by atoms with Gasteiger partial charge in [-0.15, -0.1) is 0 Å². The van der Waals surface area contributed by atoms with E-state index in [1.165, 1.54) is 0 Å². The summed E-state index contributed by atoms with van der Waals surface area (Å²) in [7, 11) is 0. The van der Waals surface area contributed by atoms with Gasteiger partial charge in [-0.2, -0.15) is 0 Å². The maximum atomic E-state index is 9.54. The Labute approximate surface area is 84.4 Å². The molecule has 1 unspecified atom stereocenters. The van der Waals surface area contributed by atoms with Gasteiger partial charge < -0.3 is 10.4 Å². The highest BCUT2D eigenvalue weighted by Gasteiger charge is 2.08. The van der Waals surface area contributed by atoms with Crippen LogP contribution in [0.5, 0.6) is 0 Å². The van der Waals surface area contributed by atoms with Gasteiger partial charge in [-0.25, -0.2) is 9.97 Å². The van der Waals surface area contributed by atoms with Crippen LogP contribution in [0.25, 0.3) is 0 Å². The number of aryl methyl sites for hydroxylation is 1. The molecule has 0 radical (unpaired) electrons. The van der Waals surface area contributed by atoms with Crippen LogP contribution in [0.3, 0.4) is 0 Å². The summed E-state index contributed by atoms with van der Waals surface area (Å²) >= 11 is 0. The number of aliphatic hydroxyl groups excluding tert-OH is 1. The average Bonchev–Trinajstić information content (AvgIpc) is 2.14. The Balaban J connectivity index is 2.45. The molecule has 1 aromatic rings. The Bertz CT molecular complexity index is 288. The lowest BCUT2D eigenvalue weighted by Gasteiger charge is -2.14. The lowest BCUT2D eigenvalue weighted by Crippen LogP contribution is -2.25. The lowest BCUT2D eigenvalue weighted by atomic mass is 10.1. The molecule has 2 N–H and O–H groups in total. The van der Waals surface area contributed by atoms with Crippen molar-refractivity contribution in [2.75, 3.05) is 11.9 Å². The van der Waals surface area contributed by atoms with Gasteiger partial charge in [0.1, 0.15) is 0 Å². The summed E-state index contributed by atoms with van der Waals surface area (Å²) in [6.07, 6.45) is 1.34. The number of hydrogen-bond donors (Lipinski definition) is 2. The second-order valence-corrected chi connectivity index (χ2v) is 3.71. The van der Waals surface area contributed by atoms with Crippen LogP contribution in [0.2, 0.25) is 0 Å². The Kier molecular flexibility index (Phi) is 3.83. The number of rotatable bonds is 4. The van der Waals surface area contributed by atoms with E-state index < -0.39 is 0 Å². The van der Waals surface area contributed by atoms with Crippen molar-refractivity contribution in [3.05, 3.63) is 18.0 Å². The van der Waals surface area contributed by atoms with Crippen molar-refractivity contribution >= 4 is 5.95 Å². The summed E-state index contributed by atoms with van der Waals surface area (Å²) in [5.41, 5.74) is 0.918. The van der Waals surface area contributed by atoms with Crippen molar-refractivity contribution in [2.45, 2.75) is 26.9 Å². The Morgan fingerprint density at radius 1 is 1.50 bits per heavy atom. The Morgan fingerprint density at radius 3 is 2.79 bits per heavy atom. The van der Waals surface area contributed by atoms with E-state index in [0.717, 1.165) is 5.69 Å². The smallest absolute Gasteiger partial charge is 0.222 e. The van der Waals surface area contributed by atoms with Crippen molar-refractivity contribution in [3.8, 4) is 0 Å². The topological polar surface area (TPSA) is 58.0 Å². The maximum absolute atomic E-state index is 9.54. The number of hydrogen-bond acceptors (Lipinski definition) is 4. The second-order valence-electron chi connectivity index (χ2n) is 3.71. The molecule has 78 valence electrons. The van der Waals surface area contributed by atoms with E-state index in [1.807, 2.05) is 26.8 Å². The van der Waals surface area contributed by atoms with E-state index in [2.05, 4.69) is 15.3 Å². The van der Waals surface area contributed by atoms with E-state index >= 15 is 0 Å². The molecule has 0 spiro atoms. The van der Waals surface area contributed by atoms with E-state index in [0.29, 0.717) is 12.5 Å². The molecular weight excluding hydrogens is 178 g/mol. The van der Waals surface area contributed by atoms with Crippen LogP contribution in [0.4, 0.5) is 5.95 Å². The third kappa shape index (κ3) is 3.30. The third-order valence-electron chi connectivity index (χ3n) is 2.03. The van der Waals surface area contributed by atoms with Crippen molar-refractivity contribution < 1.29 is 5.11 Å².